The van der Waals surface area contributed by atoms with Crippen molar-refractivity contribution in [3.63, 3.8) is 0 Å². The highest BCUT2D eigenvalue weighted by Crippen LogP contribution is 2.24. The quantitative estimate of drug-likeness (QED) is 0.636. The van der Waals surface area contributed by atoms with Crippen LogP contribution in [0.2, 0.25) is 0 Å². The van der Waals surface area contributed by atoms with E-state index in [2.05, 4.69) is 24.5 Å². The van der Waals surface area contributed by atoms with Gasteiger partial charge >= 0.3 is 0 Å². The Kier molecular flexibility index (Phi) is 6.22. The third-order valence-corrected chi connectivity index (χ3v) is 4.26. The van der Waals surface area contributed by atoms with Crippen molar-refractivity contribution < 1.29 is 4.79 Å². The Bertz CT molecular complexity index is 607. The maximum Gasteiger partial charge on any atom is 0.267 e. The topological polar surface area (TPSA) is 64.9 Å². The molecule has 1 aromatic rings. The summed E-state index contributed by atoms with van der Waals surface area (Å²) in [5, 5.41) is 15.4. The van der Waals surface area contributed by atoms with E-state index in [0.717, 1.165) is 24.1 Å². The highest BCUT2D eigenvalue weighted by molar-refractivity contribution is 6.06. The molecule has 1 amide bonds. The molecule has 122 valence electrons. The van der Waals surface area contributed by atoms with Crippen LogP contribution < -0.4 is 10.6 Å². The normalized spacial score (nSPS) is 16.0. The van der Waals surface area contributed by atoms with Crippen LogP contribution >= 0.6 is 0 Å². The van der Waals surface area contributed by atoms with Gasteiger partial charge in [0.1, 0.15) is 11.6 Å². The number of carbonyl (C=O) groups excluding carboxylic acids is 1. The number of hydrogen-bond donors (Lipinski definition) is 2. The molecule has 2 N–H and O–H groups in total. The fourth-order valence-corrected chi connectivity index (χ4v) is 2.92. The molecule has 0 radical (unpaired) electrons. The second-order valence-corrected chi connectivity index (χ2v) is 6.37. The number of benzene rings is 1. The first-order valence-corrected chi connectivity index (χ1v) is 8.38. The highest BCUT2D eigenvalue weighted by atomic mass is 16.1. The molecular formula is C19H25N3O. The van der Waals surface area contributed by atoms with Crippen molar-refractivity contribution in [2.75, 3.05) is 5.32 Å². The van der Waals surface area contributed by atoms with Crippen molar-refractivity contribution in [3.05, 3.63) is 41.6 Å². The molecule has 23 heavy (non-hydrogen) atoms. The Hall–Kier alpha value is -2.28. The lowest BCUT2D eigenvalue weighted by Crippen LogP contribution is -2.28. The smallest absolute Gasteiger partial charge is 0.267 e. The van der Waals surface area contributed by atoms with E-state index in [0.29, 0.717) is 12.0 Å². The molecule has 0 atom stereocenters. The van der Waals surface area contributed by atoms with Crippen LogP contribution in [-0.2, 0) is 4.79 Å². The maximum absolute atomic E-state index is 12.3. The lowest BCUT2D eigenvalue weighted by molar-refractivity contribution is -0.112. The van der Waals surface area contributed by atoms with Crippen molar-refractivity contribution >= 4 is 11.6 Å². The second kappa shape index (κ2) is 8.38. The molecular weight excluding hydrogens is 286 g/mol. The fourth-order valence-electron chi connectivity index (χ4n) is 2.92. The lowest BCUT2D eigenvalue weighted by Gasteiger charge is -2.21. The van der Waals surface area contributed by atoms with E-state index < -0.39 is 0 Å². The van der Waals surface area contributed by atoms with Gasteiger partial charge in [0.05, 0.1) is 0 Å². The zero-order valence-corrected chi connectivity index (χ0v) is 13.9. The summed E-state index contributed by atoms with van der Waals surface area (Å²) >= 11 is 0. The number of nitrogens with zero attached hydrogens (tertiary/aromatic N) is 1. The Morgan fingerprint density at radius 2 is 1.96 bits per heavy atom. The molecule has 4 nitrogen and oxygen atoms in total. The van der Waals surface area contributed by atoms with Crippen LogP contribution in [0.5, 0.6) is 0 Å². The lowest BCUT2D eigenvalue weighted by atomic mass is 9.96. The van der Waals surface area contributed by atoms with Gasteiger partial charge in [-0.15, -0.1) is 0 Å². The Balaban J connectivity index is 2.04. The minimum Gasteiger partial charge on any atom is -0.387 e. The molecule has 0 heterocycles. The predicted molar refractivity (Wildman–Crippen MR) is 92.9 cm³/mol. The number of nitriles is 1. The van der Waals surface area contributed by atoms with Gasteiger partial charge in [0.25, 0.3) is 5.91 Å². The molecule has 1 fully saturated rings. The van der Waals surface area contributed by atoms with Crippen LogP contribution in [0.4, 0.5) is 5.69 Å². The van der Waals surface area contributed by atoms with Gasteiger partial charge in [-0.3, -0.25) is 4.79 Å². The van der Waals surface area contributed by atoms with Crippen LogP contribution in [0.1, 0.15) is 57.4 Å². The summed E-state index contributed by atoms with van der Waals surface area (Å²) < 4.78 is 0. The van der Waals surface area contributed by atoms with Gasteiger partial charge < -0.3 is 10.6 Å². The van der Waals surface area contributed by atoms with Crippen LogP contribution in [0.15, 0.2) is 36.0 Å². The van der Waals surface area contributed by atoms with Gasteiger partial charge in [0.2, 0.25) is 0 Å². The molecule has 4 heteroatoms. The minimum absolute atomic E-state index is 0.120. The van der Waals surface area contributed by atoms with Gasteiger partial charge in [-0.05, 0) is 30.4 Å². The monoisotopic (exact) mass is 311 g/mol. The summed E-state index contributed by atoms with van der Waals surface area (Å²) in [5.41, 5.74) is 1.96. The summed E-state index contributed by atoms with van der Waals surface area (Å²) in [7, 11) is 0. The minimum atomic E-state index is -0.357. The molecule has 1 saturated carbocycles. The Morgan fingerprint density at radius 1 is 1.26 bits per heavy atom. The number of hydrogen-bond acceptors (Lipinski definition) is 3. The molecule has 0 aromatic heterocycles. The molecule has 0 spiro atoms. The first-order valence-electron chi connectivity index (χ1n) is 8.38. The van der Waals surface area contributed by atoms with E-state index in [4.69, 9.17) is 0 Å². The van der Waals surface area contributed by atoms with Crippen LogP contribution in [-0.4, -0.2) is 11.9 Å². The number of carbonyl (C=O) groups is 1. The summed E-state index contributed by atoms with van der Waals surface area (Å²) in [4.78, 5) is 12.3. The molecule has 0 unspecified atom stereocenters. The average Bonchev–Trinajstić information content (AvgIpc) is 2.56. The van der Waals surface area contributed by atoms with Crippen LogP contribution in [0.25, 0.3) is 0 Å². The van der Waals surface area contributed by atoms with Gasteiger partial charge in [0.15, 0.2) is 0 Å². The number of para-hydroxylation sites is 1. The molecule has 1 aliphatic rings. The first-order chi connectivity index (χ1) is 11.1. The van der Waals surface area contributed by atoms with Crippen LogP contribution in [0.3, 0.4) is 0 Å². The van der Waals surface area contributed by atoms with Crippen molar-refractivity contribution in [3.8, 4) is 6.07 Å². The number of rotatable bonds is 5. The molecule has 2 rings (SSSR count). The van der Waals surface area contributed by atoms with Crippen molar-refractivity contribution in [2.45, 2.75) is 57.9 Å². The van der Waals surface area contributed by atoms with Gasteiger partial charge in [-0.1, -0.05) is 51.3 Å². The fraction of sp³-hybridized carbons (Fsp3) is 0.474. The zero-order chi connectivity index (χ0) is 16.7. The molecule has 1 aromatic carbocycles. The summed E-state index contributed by atoms with van der Waals surface area (Å²) in [5.74, 6) is -0.0507. The van der Waals surface area contributed by atoms with Crippen molar-refractivity contribution in [1.29, 1.82) is 5.26 Å². The number of anilines is 1. The Labute approximate surface area is 138 Å². The molecule has 1 aliphatic carbocycles. The third kappa shape index (κ3) is 4.85. The first kappa shape index (κ1) is 17.1. The second-order valence-electron chi connectivity index (χ2n) is 6.37. The third-order valence-electron chi connectivity index (χ3n) is 4.26. The number of amides is 1. The van der Waals surface area contributed by atoms with E-state index in [-0.39, 0.29) is 11.5 Å². The largest absolute Gasteiger partial charge is 0.387 e. The summed E-state index contributed by atoms with van der Waals surface area (Å²) in [6.45, 7) is 4.16. The predicted octanol–water partition coefficient (Wildman–Crippen LogP) is 4.08. The number of nitrogens with one attached hydrogen (secondary N) is 2. The van der Waals surface area contributed by atoms with Crippen molar-refractivity contribution in [2.24, 2.45) is 0 Å². The maximum atomic E-state index is 12.3. The molecule has 0 saturated heterocycles. The van der Waals surface area contributed by atoms with E-state index in [1.54, 1.807) is 6.20 Å². The van der Waals surface area contributed by atoms with Gasteiger partial charge in [-0.2, -0.15) is 5.26 Å². The average molecular weight is 311 g/mol. The standard InChI is InChI=1S/C19H25N3O/c1-14(2)17-10-6-7-11-18(17)22-19(23)15(12-20)13-21-16-8-4-3-5-9-16/h6-7,10-11,13-14,16,21H,3-5,8-9H2,1-2H3,(H,22,23)/b15-13-. The van der Waals surface area contributed by atoms with Crippen LogP contribution in [0, 0.1) is 11.3 Å². The van der Waals surface area contributed by atoms with E-state index in [1.807, 2.05) is 30.3 Å². The van der Waals surface area contributed by atoms with E-state index >= 15 is 0 Å². The van der Waals surface area contributed by atoms with E-state index in [1.165, 1.54) is 19.3 Å². The van der Waals surface area contributed by atoms with Gasteiger partial charge in [-0.25, -0.2) is 0 Å². The summed E-state index contributed by atoms with van der Waals surface area (Å²) in [6.07, 6.45) is 7.48. The SMILES string of the molecule is CC(C)c1ccccc1NC(=O)/C(C#N)=C\NC1CCCCC1. The Morgan fingerprint density at radius 3 is 2.61 bits per heavy atom. The van der Waals surface area contributed by atoms with E-state index in [9.17, 15) is 10.1 Å². The zero-order valence-electron chi connectivity index (χ0n) is 13.9. The summed E-state index contributed by atoms with van der Waals surface area (Å²) in [6, 6.07) is 10.1. The highest BCUT2D eigenvalue weighted by Gasteiger charge is 2.15. The van der Waals surface area contributed by atoms with Gasteiger partial charge in [0, 0.05) is 17.9 Å². The molecule has 0 bridgehead atoms. The van der Waals surface area contributed by atoms with Crippen molar-refractivity contribution in [1.82, 2.24) is 5.32 Å². The molecule has 0 aliphatic heterocycles.